The normalized spacial score (nSPS) is 19.3. The molecule has 0 saturated carbocycles. The van der Waals surface area contributed by atoms with Crippen LogP contribution in [0.2, 0.25) is 0 Å². The van der Waals surface area contributed by atoms with Gasteiger partial charge in [-0.25, -0.2) is 13.1 Å². The average molecular weight is 329 g/mol. The van der Waals surface area contributed by atoms with Crippen LogP contribution in [0.3, 0.4) is 0 Å². The molecule has 1 saturated heterocycles. The molecule has 1 aromatic rings. The largest absolute Gasteiger partial charge is 0.310 e. The van der Waals surface area contributed by atoms with Gasteiger partial charge in [-0.1, -0.05) is 26.0 Å². The highest BCUT2D eigenvalue weighted by Crippen LogP contribution is 2.23. The maximum Gasteiger partial charge on any atom is 0.240 e. The molecule has 4 nitrogen and oxygen atoms in total. The smallest absolute Gasteiger partial charge is 0.240 e. The standard InChI is InChI=1S/C15H24N2O2S2/c1-12(2)16-9-13-4-3-5-15(8-13)21(18,19)17-10-14-6-7-20-11-14/h3-5,8,12,14,16-17H,6-7,9-11H2,1-2H3. The van der Waals surface area contributed by atoms with Crippen molar-refractivity contribution in [2.45, 2.75) is 37.8 Å². The van der Waals surface area contributed by atoms with E-state index in [1.165, 1.54) is 0 Å². The summed E-state index contributed by atoms with van der Waals surface area (Å²) in [6, 6.07) is 7.54. The van der Waals surface area contributed by atoms with Crippen LogP contribution in [0.5, 0.6) is 0 Å². The second kappa shape index (κ2) is 7.63. The van der Waals surface area contributed by atoms with Crippen LogP contribution in [-0.2, 0) is 16.6 Å². The van der Waals surface area contributed by atoms with Gasteiger partial charge in [-0.2, -0.15) is 11.8 Å². The van der Waals surface area contributed by atoms with E-state index in [-0.39, 0.29) is 0 Å². The molecule has 1 aliphatic heterocycles. The number of benzene rings is 1. The van der Waals surface area contributed by atoms with Gasteiger partial charge in [-0.05, 0) is 41.5 Å². The summed E-state index contributed by atoms with van der Waals surface area (Å²) in [4.78, 5) is 0.358. The van der Waals surface area contributed by atoms with E-state index in [2.05, 4.69) is 23.9 Å². The van der Waals surface area contributed by atoms with Gasteiger partial charge in [-0.3, -0.25) is 0 Å². The first-order valence-corrected chi connectivity index (χ1v) is 10.0. The molecule has 118 valence electrons. The molecule has 21 heavy (non-hydrogen) atoms. The van der Waals surface area contributed by atoms with Gasteiger partial charge in [0, 0.05) is 19.1 Å². The van der Waals surface area contributed by atoms with E-state index in [9.17, 15) is 8.42 Å². The fourth-order valence-electron chi connectivity index (χ4n) is 2.20. The summed E-state index contributed by atoms with van der Waals surface area (Å²) in [5, 5.41) is 3.30. The summed E-state index contributed by atoms with van der Waals surface area (Å²) in [5.41, 5.74) is 0.989. The minimum absolute atomic E-state index is 0.358. The minimum Gasteiger partial charge on any atom is -0.310 e. The molecule has 1 aliphatic rings. The Hall–Kier alpha value is -0.560. The van der Waals surface area contributed by atoms with E-state index in [0.717, 1.165) is 23.5 Å². The zero-order chi connectivity index (χ0) is 15.3. The molecule has 0 spiro atoms. The monoisotopic (exact) mass is 328 g/mol. The zero-order valence-electron chi connectivity index (χ0n) is 12.6. The quantitative estimate of drug-likeness (QED) is 0.806. The lowest BCUT2D eigenvalue weighted by molar-refractivity contribution is 0.545. The van der Waals surface area contributed by atoms with Crippen molar-refractivity contribution in [2.24, 2.45) is 5.92 Å². The van der Waals surface area contributed by atoms with Gasteiger partial charge in [0.2, 0.25) is 10.0 Å². The molecule has 1 fully saturated rings. The Kier molecular flexibility index (Phi) is 6.10. The van der Waals surface area contributed by atoms with Crippen LogP contribution in [0, 0.1) is 5.92 Å². The molecule has 0 aromatic heterocycles. The van der Waals surface area contributed by atoms with Gasteiger partial charge in [0.05, 0.1) is 4.90 Å². The summed E-state index contributed by atoms with van der Waals surface area (Å²) >= 11 is 1.90. The van der Waals surface area contributed by atoms with Crippen molar-refractivity contribution in [3.63, 3.8) is 0 Å². The number of thioether (sulfide) groups is 1. The van der Waals surface area contributed by atoms with E-state index in [0.29, 0.717) is 29.9 Å². The Bertz CT molecular complexity index is 553. The van der Waals surface area contributed by atoms with Crippen LogP contribution < -0.4 is 10.0 Å². The maximum absolute atomic E-state index is 12.3. The Morgan fingerprint density at radius 2 is 2.19 bits per heavy atom. The predicted octanol–water partition coefficient (Wildman–Crippen LogP) is 2.22. The molecule has 0 amide bonds. The summed E-state index contributed by atoms with van der Waals surface area (Å²) in [6.07, 6.45) is 1.10. The van der Waals surface area contributed by atoms with Crippen molar-refractivity contribution in [1.82, 2.24) is 10.0 Å². The Morgan fingerprint density at radius 1 is 1.38 bits per heavy atom. The molecule has 2 rings (SSSR count). The lowest BCUT2D eigenvalue weighted by atomic mass is 10.1. The van der Waals surface area contributed by atoms with Gasteiger partial charge in [-0.15, -0.1) is 0 Å². The lowest BCUT2D eigenvalue weighted by Crippen LogP contribution is -2.29. The van der Waals surface area contributed by atoms with Gasteiger partial charge >= 0.3 is 0 Å². The molecule has 1 unspecified atom stereocenters. The van der Waals surface area contributed by atoms with Crippen molar-refractivity contribution in [2.75, 3.05) is 18.1 Å². The Labute approximate surface area is 132 Å². The Morgan fingerprint density at radius 3 is 2.86 bits per heavy atom. The molecule has 0 bridgehead atoms. The van der Waals surface area contributed by atoms with Crippen LogP contribution in [-0.4, -0.2) is 32.5 Å². The number of rotatable bonds is 7. The van der Waals surface area contributed by atoms with E-state index in [4.69, 9.17) is 0 Å². The van der Waals surface area contributed by atoms with Crippen molar-refractivity contribution in [3.8, 4) is 0 Å². The topological polar surface area (TPSA) is 58.2 Å². The van der Waals surface area contributed by atoms with E-state index in [1.54, 1.807) is 18.2 Å². The summed E-state index contributed by atoms with van der Waals surface area (Å²) in [6.45, 7) is 5.37. The molecule has 0 aliphatic carbocycles. The van der Waals surface area contributed by atoms with Crippen molar-refractivity contribution in [3.05, 3.63) is 29.8 Å². The van der Waals surface area contributed by atoms with Crippen molar-refractivity contribution < 1.29 is 8.42 Å². The van der Waals surface area contributed by atoms with E-state index in [1.807, 2.05) is 17.8 Å². The number of sulfonamides is 1. The minimum atomic E-state index is -3.40. The third-order valence-corrected chi connectivity index (χ3v) is 6.16. The molecule has 6 heteroatoms. The van der Waals surface area contributed by atoms with Gasteiger partial charge < -0.3 is 5.32 Å². The molecular formula is C15H24N2O2S2. The highest BCUT2D eigenvalue weighted by molar-refractivity contribution is 7.99. The molecule has 1 atom stereocenters. The number of nitrogens with one attached hydrogen (secondary N) is 2. The highest BCUT2D eigenvalue weighted by Gasteiger charge is 2.20. The highest BCUT2D eigenvalue weighted by atomic mass is 32.2. The number of hydrogen-bond donors (Lipinski definition) is 2. The maximum atomic E-state index is 12.3. The third-order valence-electron chi connectivity index (χ3n) is 3.51. The average Bonchev–Trinajstić information content (AvgIpc) is 2.97. The van der Waals surface area contributed by atoms with Crippen LogP contribution in [0.15, 0.2) is 29.2 Å². The first kappa shape index (κ1) is 16.8. The molecule has 1 heterocycles. The number of hydrogen-bond acceptors (Lipinski definition) is 4. The van der Waals surface area contributed by atoms with E-state index >= 15 is 0 Å². The second-order valence-electron chi connectivity index (χ2n) is 5.76. The Balaban J connectivity index is 1.99. The molecule has 1 aromatic carbocycles. The summed E-state index contributed by atoms with van der Waals surface area (Å²) in [7, 11) is -3.40. The van der Waals surface area contributed by atoms with Crippen LogP contribution >= 0.6 is 11.8 Å². The third kappa shape index (κ3) is 5.29. The van der Waals surface area contributed by atoms with Crippen LogP contribution in [0.25, 0.3) is 0 Å². The van der Waals surface area contributed by atoms with E-state index < -0.39 is 10.0 Å². The SMILES string of the molecule is CC(C)NCc1cccc(S(=O)(=O)NCC2CCSC2)c1. The second-order valence-corrected chi connectivity index (χ2v) is 8.68. The molecular weight excluding hydrogens is 304 g/mol. The van der Waals surface area contributed by atoms with Crippen molar-refractivity contribution in [1.29, 1.82) is 0 Å². The molecule has 0 radical (unpaired) electrons. The fourth-order valence-corrected chi connectivity index (χ4v) is 4.67. The summed E-state index contributed by atoms with van der Waals surface area (Å²) in [5.74, 6) is 2.67. The van der Waals surface area contributed by atoms with Crippen molar-refractivity contribution >= 4 is 21.8 Å². The summed E-state index contributed by atoms with van der Waals surface area (Å²) < 4.78 is 27.4. The van der Waals surface area contributed by atoms with Gasteiger partial charge in [0.25, 0.3) is 0 Å². The first-order valence-electron chi connectivity index (χ1n) is 7.37. The lowest BCUT2D eigenvalue weighted by Gasteiger charge is -2.12. The van der Waals surface area contributed by atoms with Gasteiger partial charge in [0.1, 0.15) is 0 Å². The van der Waals surface area contributed by atoms with Crippen LogP contribution in [0.4, 0.5) is 0 Å². The first-order chi connectivity index (χ1) is 9.97. The molecule has 2 N–H and O–H groups in total. The zero-order valence-corrected chi connectivity index (χ0v) is 14.3. The fraction of sp³-hybridized carbons (Fsp3) is 0.600. The van der Waals surface area contributed by atoms with Gasteiger partial charge in [0.15, 0.2) is 0 Å². The predicted molar refractivity (Wildman–Crippen MR) is 89.0 cm³/mol. The van der Waals surface area contributed by atoms with Crippen LogP contribution in [0.1, 0.15) is 25.8 Å².